The van der Waals surface area contributed by atoms with E-state index < -0.39 is 0 Å². The average molecular weight is 388 g/mol. The molecule has 28 heavy (non-hydrogen) atoms. The zero-order valence-electron chi connectivity index (χ0n) is 19.9. The van der Waals surface area contributed by atoms with Gasteiger partial charge in [-0.1, -0.05) is 48.0 Å². The van der Waals surface area contributed by atoms with Gasteiger partial charge in [0.1, 0.15) is 0 Å². The molecular weight excluding hydrogens is 342 g/mol. The zero-order chi connectivity index (χ0) is 20.7. The summed E-state index contributed by atoms with van der Waals surface area (Å²) in [4.78, 5) is 7.56. The highest BCUT2D eigenvalue weighted by Gasteiger charge is 2.52. The summed E-state index contributed by atoms with van der Waals surface area (Å²) in [5, 5.41) is 0. The van der Waals surface area contributed by atoms with Gasteiger partial charge in [-0.3, -0.25) is 4.90 Å². The van der Waals surface area contributed by atoms with Crippen molar-refractivity contribution in [2.45, 2.75) is 130 Å². The van der Waals surface area contributed by atoms with Crippen molar-refractivity contribution in [3.63, 3.8) is 0 Å². The fourth-order valence-corrected chi connectivity index (χ4v) is 6.23. The summed E-state index contributed by atoms with van der Waals surface area (Å²) in [5.41, 5.74) is 2.22. The highest BCUT2D eigenvalue weighted by atomic mass is 15.3. The van der Waals surface area contributed by atoms with Crippen LogP contribution in [0.1, 0.15) is 106 Å². The first-order valence-electron chi connectivity index (χ1n) is 11.8. The molecule has 2 atom stereocenters. The van der Waals surface area contributed by atoms with Crippen molar-refractivity contribution in [1.82, 2.24) is 14.5 Å². The first-order chi connectivity index (χ1) is 13.0. The van der Waals surface area contributed by atoms with Crippen LogP contribution >= 0.6 is 0 Å². The van der Waals surface area contributed by atoms with Crippen LogP contribution < -0.4 is 0 Å². The van der Waals surface area contributed by atoms with Crippen molar-refractivity contribution >= 4 is 0 Å². The molecule has 3 heterocycles. The van der Waals surface area contributed by atoms with Crippen molar-refractivity contribution in [3.8, 4) is 0 Å². The Bertz CT molecular complexity index is 635. The summed E-state index contributed by atoms with van der Waals surface area (Å²) in [5.74, 6) is 0.809. The van der Waals surface area contributed by atoms with E-state index in [1.165, 1.54) is 50.6 Å². The molecule has 0 spiro atoms. The molecule has 0 N–H and O–H groups in total. The van der Waals surface area contributed by atoms with Gasteiger partial charge in [-0.25, -0.2) is 4.98 Å². The van der Waals surface area contributed by atoms with Crippen molar-refractivity contribution < 1.29 is 0 Å². The topological polar surface area (TPSA) is 21.1 Å². The van der Waals surface area contributed by atoms with E-state index in [0.29, 0.717) is 11.0 Å². The third-order valence-corrected chi connectivity index (χ3v) is 8.14. The van der Waals surface area contributed by atoms with Gasteiger partial charge in [0, 0.05) is 35.8 Å². The highest BCUT2D eigenvalue weighted by molar-refractivity contribution is 5.09. The highest BCUT2D eigenvalue weighted by Crippen LogP contribution is 2.53. The molecule has 1 aromatic rings. The lowest BCUT2D eigenvalue weighted by Gasteiger charge is -2.54. The minimum atomic E-state index is 0.139. The molecule has 2 bridgehead atoms. The van der Waals surface area contributed by atoms with E-state index in [-0.39, 0.29) is 5.41 Å². The number of hydrogen-bond donors (Lipinski definition) is 0. The van der Waals surface area contributed by atoms with Crippen LogP contribution in [-0.2, 0) is 12.0 Å². The maximum absolute atomic E-state index is 4.62. The Hall–Kier alpha value is -0.830. The summed E-state index contributed by atoms with van der Waals surface area (Å²) in [7, 11) is 0. The molecule has 3 nitrogen and oxygen atoms in total. The largest absolute Gasteiger partial charge is 0.337 e. The first kappa shape index (κ1) is 21.9. The van der Waals surface area contributed by atoms with Crippen LogP contribution in [0.2, 0.25) is 0 Å². The summed E-state index contributed by atoms with van der Waals surface area (Å²) in [6.07, 6.45) is 13.8. The average Bonchev–Trinajstić information content (AvgIpc) is 3.18. The Labute approximate surface area is 174 Å². The summed E-state index contributed by atoms with van der Waals surface area (Å²) >= 11 is 0. The van der Waals surface area contributed by atoms with Gasteiger partial charge in [-0.2, -0.15) is 0 Å². The number of rotatable bonds is 7. The molecule has 0 amide bonds. The molecule has 0 radical (unpaired) electrons. The second-order valence-electron chi connectivity index (χ2n) is 11.7. The van der Waals surface area contributed by atoms with E-state index in [4.69, 9.17) is 0 Å². The second-order valence-corrected chi connectivity index (χ2v) is 11.7. The van der Waals surface area contributed by atoms with E-state index in [1.807, 2.05) is 6.33 Å². The van der Waals surface area contributed by atoms with Crippen LogP contribution in [0.25, 0.3) is 0 Å². The second kappa shape index (κ2) is 7.78. The normalized spacial score (nSPS) is 29.0. The number of aromatic nitrogens is 2. The van der Waals surface area contributed by atoms with E-state index >= 15 is 0 Å². The molecule has 1 aromatic heterocycles. The molecule has 2 aliphatic rings. The fraction of sp³-hybridized carbons (Fsp3) is 0.880. The van der Waals surface area contributed by atoms with E-state index in [2.05, 4.69) is 76.0 Å². The minimum Gasteiger partial charge on any atom is -0.337 e. The number of fused-ring (bicyclic) bond motifs is 2. The van der Waals surface area contributed by atoms with Crippen molar-refractivity contribution in [2.75, 3.05) is 0 Å². The van der Waals surface area contributed by atoms with Gasteiger partial charge in [-0.15, -0.1) is 0 Å². The molecule has 0 aliphatic carbocycles. The lowest BCUT2D eigenvalue weighted by Crippen LogP contribution is -2.57. The Morgan fingerprint density at radius 3 is 2.18 bits per heavy atom. The number of piperidine rings is 1. The Kier molecular flexibility index (Phi) is 6.07. The van der Waals surface area contributed by atoms with Crippen molar-refractivity contribution in [2.24, 2.45) is 11.3 Å². The Morgan fingerprint density at radius 2 is 1.71 bits per heavy atom. The Balaban J connectivity index is 1.60. The van der Waals surface area contributed by atoms with Gasteiger partial charge in [0.05, 0.1) is 12.0 Å². The third-order valence-electron chi connectivity index (χ3n) is 8.14. The fourth-order valence-electron chi connectivity index (χ4n) is 6.23. The lowest BCUT2D eigenvalue weighted by molar-refractivity contribution is -0.0472. The van der Waals surface area contributed by atoms with Gasteiger partial charge in [-0.05, 0) is 63.7 Å². The summed E-state index contributed by atoms with van der Waals surface area (Å²) < 4.78 is 2.29. The molecule has 2 aliphatic heterocycles. The minimum absolute atomic E-state index is 0.139. The van der Waals surface area contributed by atoms with Crippen LogP contribution in [-0.4, -0.2) is 32.1 Å². The molecule has 3 rings (SSSR count). The monoisotopic (exact) mass is 387 g/mol. The standard InChI is InChI=1S/C25H45N3/c1-9-25(19(2)3)15-20-11-12-21(16-25)28(20)24(7,8)13-10-14-27-17-22(26-18-27)23(4,5)6/h17-21H,9-16H2,1-8H3. The predicted molar refractivity (Wildman–Crippen MR) is 120 cm³/mol. The molecule has 2 saturated heterocycles. The molecule has 2 fully saturated rings. The van der Waals surface area contributed by atoms with E-state index in [1.54, 1.807) is 0 Å². The van der Waals surface area contributed by atoms with Crippen molar-refractivity contribution in [3.05, 3.63) is 18.2 Å². The molecule has 0 saturated carbocycles. The molecule has 0 aromatic carbocycles. The van der Waals surface area contributed by atoms with Crippen LogP contribution in [0.15, 0.2) is 12.5 Å². The SMILES string of the molecule is CCC1(C(C)C)CC2CCC(C1)N2C(C)(C)CCCn1cnc(C(C)(C)C)c1. The maximum Gasteiger partial charge on any atom is 0.0949 e. The van der Waals surface area contributed by atoms with Gasteiger partial charge in [0.15, 0.2) is 0 Å². The summed E-state index contributed by atoms with van der Waals surface area (Å²) in [6.45, 7) is 20.1. The summed E-state index contributed by atoms with van der Waals surface area (Å²) in [6, 6.07) is 1.61. The first-order valence-corrected chi connectivity index (χ1v) is 11.8. The number of aryl methyl sites for hydroxylation is 1. The van der Waals surface area contributed by atoms with Crippen LogP contribution in [0, 0.1) is 11.3 Å². The van der Waals surface area contributed by atoms with Crippen LogP contribution in [0.3, 0.4) is 0 Å². The third kappa shape index (κ3) is 4.20. The molecular formula is C25H45N3. The lowest BCUT2D eigenvalue weighted by atomic mass is 9.65. The van der Waals surface area contributed by atoms with E-state index in [0.717, 1.165) is 24.5 Å². The van der Waals surface area contributed by atoms with Gasteiger partial charge in [0.2, 0.25) is 0 Å². The van der Waals surface area contributed by atoms with Gasteiger partial charge >= 0.3 is 0 Å². The van der Waals surface area contributed by atoms with Crippen LogP contribution in [0.5, 0.6) is 0 Å². The molecule has 2 unspecified atom stereocenters. The number of imidazole rings is 1. The smallest absolute Gasteiger partial charge is 0.0949 e. The van der Waals surface area contributed by atoms with Gasteiger partial charge < -0.3 is 4.57 Å². The Morgan fingerprint density at radius 1 is 1.11 bits per heavy atom. The number of hydrogen-bond acceptors (Lipinski definition) is 2. The zero-order valence-corrected chi connectivity index (χ0v) is 19.9. The molecule has 160 valence electrons. The number of nitrogens with zero attached hydrogens (tertiary/aromatic N) is 3. The van der Waals surface area contributed by atoms with Crippen LogP contribution in [0.4, 0.5) is 0 Å². The predicted octanol–water partition coefficient (Wildman–Crippen LogP) is 6.42. The maximum atomic E-state index is 4.62. The quantitative estimate of drug-likeness (QED) is 0.538. The van der Waals surface area contributed by atoms with E-state index in [9.17, 15) is 0 Å². The molecule has 3 heteroatoms. The van der Waals surface area contributed by atoms with Gasteiger partial charge in [0.25, 0.3) is 0 Å². The van der Waals surface area contributed by atoms with Crippen molar-refractivity contribution in [1.29, 1.82) is 0 Å².